The van der Waals surface area contributed by atoms with E-state index in [9.17, 15) is 8.42 Å². The highest BCUT2D eigenvalue weighted by molar-refractivity contribution is 7.98. The topological polar surface area (TPSA) is 68.1 Å². The lowest BCUT2D eigenvalue weighted by atomic mass is 10.2. The summed E-state index contributed by atoms with van der Waals surface area (Å²) in [6.07, 6.45) is 1.94. The molecule has 9 heteroatoms. The highest BCUT2D eigenvalue weighted by Crippen LogP contribution is 2.33. The van der Waals surface area contributed by atoms with Crippen LogP contribution in [-0.4, -0.2) is 46.3 Å². The fraction of sp³-hybridized carbons (Fsp3) is 0.600. The third kappa shape index (κ3) is 3.84. The van der Waals surface area contributed by atoms with Crippen LogP contribution in [-0.2, 0) is 17.1 Å². The van der Waals surface area contributed by atoms with Crippen LogP contribution in [0.5, 0.6) is 0 Å². The highest BCUT2D eigenvalue weighted by Gasteiger charge is 2.29. The second-order valence-corrected chi connectivity index (χ2v) is 10.2. The highest BCUT2D eigenvalue weighted by atomic mass is 32.2. The van der Waals surface area contributed by atoms with E-state index in [0.29, 0.717) is 16.6 Å². The van der Waals surface area contributed by atoms with Gasteiger partial charge in [0.1, 0.15) is 4.21 Å². The van der Waals surface area contributed by atoms with Gasteiger partial charge in [-0.05, 0) is 38.2 Å². The van der Waals surface area contributed by atoms with Gasteiger partial charge in [-0.3, -0.25) is 0 Å². The SMILES string of the molecule is CSc1nnc(-c2ccc(S(=O)(=O)N(CC(C)C)C(C)C)s2)n1C. The van der Waals surface area contributed by atoms with Crippen LogP contribution < -0.4 is 0 Å². The van der Waals surface area contributed by atoms with Crippen LogP contribution in [0.2, 0.25) is 0 Å². The van der Waals surface area contributed by atoms with Gasteiger partial charge in [-0.1, -0.05) is 25.6 Å². The van der Waals surface area contributed by atoms with Crippen molar-refractivity contribution in [3.63, 3.8) is 0 Å². The minimum atomic E-state index is -3.50. The molecule has 0 aromatic carbocycles. The molecule has 2 aromatic heterocycles. The van der Waals surface area contributed by atoms with Crippen molar-refractivity contribution in [2.45, 2.75) is 43.1 Å². The minimum Gasteiger partial charge on any atom is -0.305 e. The van der Waals surface area contributed by atoms with Crippen LogP contribution in [0.15, 0.2) is 21.5 Å². The smallest absolute Gasteiger partial charge is 0.252 e. The van der Waals surface area contributed by atoms with E-state index in [2.05, 4.69) is 10.2 Å². The molecule has 134 valence electrons. The Morgan fingerprint density at radius 3 is 2.42 bits per heavy atom. The monoisotopic (exact) mass is 388 g/mol. The van der Waals surface area contributed by atoms with E-state index in [0.717, 1.165) is 10.0 Å². The molecular weight excluding hydrogens is 364 g/mol. The number of sulfonamides is 1. The number of thioether (sulfide) groups is 1. The maximum atomic E-state index is 13.0. The van der Waals surface area contributed by atoms with Crippen LogP contribution >= 0.6 is 23.1 Å². The molecule has 0 unspecified atom stereocenters. The lowest BCUT2D eigenvalue weighted by molar-refractivity contribution is 0.319. The Balaban J connectivity index is 2.39. The van der Waals surface area contributed by atoms with Crippen LogP contribution in [0.3, 0.4) is 0 Å². The average Bonchev–Trinajstić information content (AvgIpc) is 3.10. The van der Waals surface area contributed by atoms with E-state index >= 15 is 0 Å². The van der Waals surface area contributed by atoms with Gasteiger partial charge in [-0.2, -0.15) is 4.31 Å². The summed E-state index contributed by atoms with van der Waals surface area (Å²) in [5, 5.41) is 9.08. The Morgan fingerprint density at radius 2 is 1.92 bits per heavy atom. The van der Waals surface area contributed by atoms with Crippen molar-refractivity contribution in [3.05, 3.63) is 12.1 Å². The summed E-state index contributed by atoms with van der Waals surface area (Å²) < 4.78 is 29.8. The zero-order chi connectivity index (χ0) is 18.1. The third-order valence-corrected chi connectivity index (χ3v) is 7.81. The van der Waals surface area contributed by atoms with Crippen LogP contribution in [0.1, 0.15) is 27.7 Å². The molecule has 0 aliphatic carbocycles. The lowest BCUT2D eigenvalue weighted by Gasteiger charge is -2.26. The van der Waals surface area contributed by atoms with E-state index in [1.54, 1.807) is 16.4 Å². The first kappa shape index (κ1) is 19.4. The van der Waals surface area contributed by atoms with E-state index in [4.69, 9.17) is 0 Å². The standard InChI is InChI=1S/C15H24N4O2S3/c1-10(2)9-19(11(3)4)24(20,21)13-8-7-12(23-13)14-16-17-15(22-6)18(14)5/h7-8,10-11H,9H2,1-6H3. The van der Waals surface area contributed by atoms with Crippen molar-refractivity contribution in [3.8, 4) is 10.7 Å². The predicted molar refractivity (Wildman–Crippen MR) is 100.0 cm³/mol. The molecule has 0 spiro atoms. The van der Waals surface area contributed by atoms with Gasteiger partial charge >= 0.3 is 0 Å². The first-order valence-electron chi connectivity index (χ1n) is 7.74. The molecule has 0 aliphatic heterocycles. The molecule has 0 saturated carbocycles. The number of hydrogen-bond acceptors (Lipinski definition) is 6. The Labute approximate surface area is 152 Å². The van der Waals surface area contributed by atoms with Gasteiger partial charge in [0.25, 0.3) is 10.0 Å². The molecule has 2 heterocycles. The average molecular weight is 389 g/mol. The van der Waals surface area contributed by atoms with Crippen LogP contribution in [0.4, 0.5) is 0 Å². The molecule has 0 saturated heterocycles. The van der Waals surface area contributed by atoms with Crippen molar-refractivity contribution >= 4 is 33.1 Å². The van der Waals surface area contributed by atoms with Gasteiger partial charge in [0.2, 0.25) is 0 Å². The normalized spacial score (nSPS) is 12.7. The fourth-order valence-electron chi connectivity index (χ4n) is 2.35. The Bertz CT molecular complexity index is 794. The molecule has 0 amide bonds. The molecule has 0 fully saturated rings. The molecule has 24 heavy (non-hydrogen) atoms. The summed E-state index contributed by atoms with van der Waals surface area (Å²) in [7, 11) is -1.62. The van der Waals surface area contributed by atoms with Crippen LogP contribution in [0.25, 0.3) is 10.7 Å². The second-order valence-electron chi connectivity index (χ2n) is 6.25. The first-order chi connectivity index (χ1) is 11.2. The van der Waals surface area contributed by atoms with Gasteiger partial charge < -0.3 is 4.57 Å². The van der Waals surface area contributed by atoms with Gasteiger partial charge in [0.15, 0.2) is 11.0 Å². The molecule has 6 nitrogen and oxygen atoms in total. The zero-order valence-corrected chi connectivity index (χ0v) is 17.3. The summed E-state index contributed by atoms with van der Waals surface area (Å²) in [6.45, 7) is 8.36. The summed E-state index contributed by atoms with van der Waals surface area (Å²) in [5.41, 5.74) is 0. The maximum absolute atomic E-state index is 13.0. The van der Waals surface area contributed by atoms with Gasteiger partial charge in [0, 0.05) is 19.6 Å². The Hall–Kier alpha value is -0.900. The van der Waals surface area contributed by atoms with E-state index < -0.39 is 10.0 Å². The van der Waals surface area contributed by atoms with Crippen molar-refractivity contribution in [2.75, 3.05) is 12.8 Å². The third-order valence-electron chi connectivity index (χ3n) is 3.50. The zero-order valence-electron chi connectivity index (χ0n) is 14.8. The maximum Gasteiger partial charge on any atom is 0.252 e. The minimum absolute atomic E-state index is 0.0825. The van der Waals surface area contributed by atoms with Crippen molar-refractivity contribution in [1.29, 1.82) is 0 Å². The predicted octanol–water partition coefficient (Wildman–Crippen LogP) is 3.32. The van der Waals surface area contributed by atoms with E-state index in [1.807, 2.05) is 45.6 Å². The molecular formula is C15H24N4O2S3. The number of hydrogen-bond donors (Lipinski definition) is 0. The van der Waals surface area contributed by atoms with E-state index in [-0.39, 0.29) is 12.0 Å². The molecule has 2 aromatic rings. The summed E-state index contributed by atoms with van der Waals surface area (Å²) in [5.74, 6) is 0.954. The quantitative estimate of drug-likeness (QED) is 0.681. The number of rotatable bonds is 7. The molecule has 0 radical (unpaired) electrons. The van der Waals surface area contributed by atoms with Crippen molar-refractivity contribution in [2.24, 2.45) is 13.0 Å². The molecule has 0 aliphatic rings. The molecule has 0 bridgehead atoms. The Kier molecular flexibility index (Phi) is 6.11. The summed E-state index contributed by atoms with van der Waals surface area (Å²) in [4.78, 5) is 0.803. The van der Waals surface area contributed by atoms with Crippen LogP contribution in [0, 0.1) is 5.92 Å². The molecule has 0 N–H and O–H groups in total. The Morgan fingerprint density at radius 1 is 1.25 bits per heavy atom. The van der Waals surface area contributed by atoms with Gasteiger partial charge in [-0.15, -0.1) is 21.5 Å². The van der Waals surface area contributed by atoms with E-state index in [1.165, 1.54) is 23.1 Å². The van der Waals surface area contributed by atoms with Gasteiger partial charge in [-0.25, -0.2) is 8.42 Å². The second kappa shape index (κ2) is 7.55. The molecule has 0 atom stereocenters. The largest absolute Gasteiger partial charge is 0.305 e. The lowest BCUT2D eigenvalue weighted by Crippen LogP contribution is -2.39. The van der Waals surface area contributed by atoms with Crippen molar-refractivity contribution < 1.29 is 8.42 Å². The molecule has 2 rings (SSSR count). The summed E-state index contributed by atoms with van der Waals surface area (Å²) >= 11 is 2.75. The number of aromatic nitrogens is 3. The first-order valence-corrected chi connectivity index (χ1v) is 11.2. The number of thiophene rings is 1. The number of nitrogens with zero attached hydrogens (tertiary/aromatic N) is 4. The van der Waals surface area contributed by atoms with Crippen molar-refractivity contribution in [1.82, 2.24) is 19.1 Å². The van der Waals surface area contributed by atoms with Gasteiger partial charge in [0.05, 0.1) is 4.88 Å². The fourth-order valence-corrected chi connectivity index (χ4v) is 6.09. The summed E-state index contributed by atoms with van der Waals surface area (Å²) in [6, 6.07) is 3.39.